The van der Waals surface area contributed by atoms with E-state index in [4.69, 9.17) is 15.2 Å². The predicted octanol–water partition coefficient (Wildman–Crippen LogP) is 6.55. The molecule has 0 aliphatic carbocycles. The maximum atomic E-state index is 11.3. The second-order valence-corrected chi connectivity index (χ2v) is 9.94. The standard InChI is InChI=1S/C25H25NO4S.C7H9N/c1-2-29-22(25(27)28)17-18-11-13-19(14-12-18)30-16-15-26-20-7-3-5-9-23(20)31-24-10-6-4-8-21(24)26;8-6-7-4-2-1-3-5-7/h3-14,22H,2,15-17H2,1H3,(H,27,28);1-5H,6,8H2/t22-;/m0./s1. The molecule has 1 heterocycles. The summed E-state index contributed by atoms with van der Waals surface area (Å²) in [5.41, 5.74) is 9.83. The van der Waals surface area contributed by atoms with Gasteiger partial charge < -0.3 is 25.2 Å². The van der Waals surface area contributed by atoms with Gasteiger partial charge in [-0.05, 0) is 54.4 Å². The number of anilines is 2. The second-order valence-electron chi connectivity index (χ2n) is 8.86. The largest absolute Gasteiger partial charge is 0.492 e. The zero-order valence-corrected chi connectivity index (χ0v) is 22.8. The molecule has 0 spiro atoms. The van der Waals surface area contributed by atoms with E-state index in [2.05, 4.69) is 53.4 Å². The fourth-order valence-corrected chi connectivity index (χ4v) is 5.34. The smallest absolute Gasteiger partial charge is 0.333 e. The molecule has 1 aliphatic rings. The van der Waals surface area contributed by atoms with Crippen molar-refractivity contribution in [3.05, 3.63) is 114 Å². The maximum absolute atomic E-state index is 11.3. The van der Waals surface area contributed by atoms with Gasteiger partial charge in [-0.25, -0.2) is 4.79 Å². The van der Waals surface area contributed by atoms with Crippen molar-refractivity contribution in [1.82, 2.24) is 0 Å². The maximum Gasteiger partial charge on any atom is 0.333 e. The van der Waals surface area contributed by atoms with Gasteiger partial charge in [-0.1, -0.05) is 78.5 Å². The number of ether oxygens (including phenoxy) is 2. The third kappa shape index (κ3) is 7.86. The van der Waals surface area contributed by atoms with Crippen molar-refractivity contribution >= 4 is 29.1 Å². The molecule has 7 heteroatoms. The molecule has 4 aromatic carbocycles. The molecule has 4 aromatic rings. The van der Waals surface area contributed by atoms with Gasteiger partial charge in [0.2, 0.25) is 0 Å². The van der Waals surface area contributed by atoms with Crippen LogP contribution in [0.25, 0.3) is 0 Å². The summed E-state index contributed by atoms with van der Waals surface area (Å²) in [6.45, 7) is 4.07. The van der Waals surface area contributed by atoms with E-state index in [0.717, 1.165) is 17.9 Å². The van der Waals surface area contributed by atoms with E-state index in [1.807, 2.05) is 54.6 Å². The highest BCUT2D eigenvalue weighted by Gasteiger charge is 2.22. The minimum atomic E-state index is -0.942. The van der Waals surface area contributed by atoms with E-state index in [-0.39, 0.29) is 0 Å². The molecule has 0 unspecified atom stereocenters. The van der Waals surface area contributed by atoms with Crippen LogP contribution in [0.3, 0.4) is 0 Å². The van der Waals surface area contributed by atoms with Gasteiger partial charge in [-0.15, -0.1) is 0 Å². The Morgan fingerprint density at radius 3 is 1.97 bits per heavy atom. The zero-order chi connectivity index (χ0) is 27.5. The summed E-state index contributed by atoms with van der Waals surface area (Å²) in [7, 11) is 0. The first-order valence-corrected chi connectivity index (χ1v) is 13.8. The molecule has 0 radical (unpaired) electrons. The first-order chi connectivity index (χ1) is 19.1. The number of para-hydroxylation sites is 2. The number of fused-ring (bicyclic) bond motifs is 2. The highest BCUT2D eigenvalue weighted by atomic mass is 32.2. The van der Waals surface area contributed by atoms with Gasteiger partial charge in [0.1, 0.15) is 12.4 Å². The topological polar surface area (TPSA) is 85.0 Å². The molecule has 0 amide bonds. The van der Waals surface area contributed by atoms with Gasteiger partial charge >= 0.3 is 5.97 Å². The molecule has 6 nitrogen and oxygen atoms in total. The summed E-state index contributed by atoms with van der Waals surface area (Å²) in [6, 6.07) is 34.4. The van der Waals surface area contributed by atoms with Crippen LogP contribution in [0.15, 0.2) is 113 Å². The van der Waals surface area contributed by atoms with Crippen LogP contribution in [0.4, 0.5) is 11.4 Å². The van der Waals surface area contributed by atoms with E-state index in [0.29, 0.717) is 26.2 Å². The molecule has 1 atom stereocenters. The van der Waals surface area contributed by atoms with E-state index in [9.17, 15) is 9.90 Å². The van der Waals surface area contributed by atoms with Gasteiger partial charge in [-0.2, -0.15) is 0 Å². The number of carboxylic acids is 1. The Morgan fingerprint density at radius 1 is 0.846 bits per heavy atom. The zero-order valence-electron chi connectivity index (χ0n) is 22.0. The van der Waals surface area contributed by atoms with Crippen molar-refractivity contribution in [3.63, 3.8) is 0 Å². The van der Waals surface area contributed by atoms with Crippen LogP contribution < -0.4 is 15.4 Å². The Bertz CT molecular complexity index is 1290. The molecule has 0 aromatic heterocycles. The Balaban J connectivity index is 0.000000379. The Morgan fingerprint density at radius 2 is 1.44 bits per heavy atom. The van der Waals surface area contributed by atoms with E-state index in [1.54, 1.807) is 18.7 Å². The SMILES string of the molecule is CCO[C@@H](Cc1ccc(OCCN2c3ccccc3Sc3ccccc32)cc1)C(=O)O.NCc1ccccc1. The second kappa shape index (κ2) is 14.4. The van der Waals surface area contributed by atoms with Gasteiger partial charge in [0.15, 0.2) is 6.10 Å². The monoisotopic (exact) mass is 542 g/mol. The minimum Gasteiger partial charge on any atom is -0.492 e. The van der Waals surface area contributed by atoms with E-state index >= 15 is 0 Å². The molecule has 0 saturated carbocycles. The Labute approximate surface area is 234 Å². The van der Waals surface area contributed by atoms with Crippen LogP contribution >= 0.6 is 11.8 Å². The summed E-state index contributed by atoms with van der Waals surface area (Å²) in [6.07, 6.45) is -0.489. The number of hydrogen-bond donors (Lipinski definition) is 2. The van der Waals surface area contributed by atoms with Crippen LogP contribution in [-0.4, -0.2) is 36.9 Å². The first-order valence-electron chi connectivity index (χ1n) is 13.0. The molecule has 3 N–H and O–H groups in total. The van der Waals surface area contributed by atoms with Crippen LogP contribution in [-0.2, 0) is 22.5 Å². The van der Waals surface area contributed by atoms with Crippen molar-refractivity contribution < 1.29 is 19.4 Å². The highest BCUT2D eigenvalue weighted by Crippen LogP contribution is 2.47. The van der Waals surface area contributed by atoms with Gasteiger partial charge in [0.05, 0.1) is 17.9 Å². The molecule has 0 fully saturated rings. The molecule has 39 heavy (non-hydrogen) atoms. The Kier molecular flexibility index (Phi) is 10.4. The lowest BCUT2D eigenvalue weighted by molar-refractivity contribution is -0.149. The number of rotatable bonds is 10. The third-order valence-corrected chi connectivity index (χ3v) is 7.31. The number of nitrogens with two attached hydrogens (primary N) is 1. The average Bonchev–Trinajstić information content (AvgIpc) is 2.98. The quantitative estimate of drug-likeness (QED) is 0.235. The number of benzene rings is 4. The van der Waals surface area contributed by atoms with Crippen LogP contribution in [0.2, 0.25) is 0 Å². The van der Waals surface area contributed by atoms with Crippen LogP contribution in [0.5, 0.6) is 5.75 Å². The van der Waals surface area contributed by atoms with Crippen molar-refractivity contribution in [2.45, 2.75) is 35.8 Å². The number of nitrogens with zero attached hydrogens (tertiary/aromatic N) is 1. The summed E-state index contributed by atoms with van der Waals surface area (Å²) in [4.78, 5) is 16.1. The van der Waals surface area contributed by atoms with Gasteiger partial charge in [0.25, 0.3) is 0 Å². The van der Waals surface area contributed by atoms with Crippen molar-refractivity contribution in [2.24, 2.45) is 5.73 Å². The molecule has 5 rings (SSSR count). The van der Waals surface area contributed by atoms with Crippen LogP contribution in [0, 0.1) is 0 Å². The molecule has 0 saturated heterocycles. The Hall–Kier alpha value is -3.78. The van der Waals surface area contributed by atoms with Crippen molar-refractivity contribution in [2.75, 3.05) is 24.7 Å². The van der Waals surface area contributed by atoms with Gasteiger partial charge in [0, 0.05) is 29.4 Å². The molecular formula is C32H34N2O4S. The third-order valence-electron chi connectivity index (χ3n) is 6.18. The number of hydrogen-bond acceptors (Lipinski definition) is 6. The predicted molar refractivity (Wildman–Crippen MR) is 157 cm³/mol. The number of carboxylic acid groups (broad SMARTS) is 1. The highest BCUT2D eigenvalue weighted by molar-refractivity contribution is 7.99. The molecule has 0 bridgehead atoms. The number of carbonyl (C=O) groups is 1. The summed E-state index contributed by atoms with van der Waals surface area (Å²) in [5.74, 6) is -0.178. The van der Waals surface area contributed by atoms with E-state index in [1.165, 1.54) is 26.7 Å². The summed E-state index contributed by atoms with van der Waals surface area (Å²) in [5, 5.41) is 9.24. The molecule has 1 aliphatic heterocycles. The average molecular weight is 543 g/mol. The van der Waals surface area contributed by atoms with Gasteiger partial charge in [-0.3, -0.25) is 0 Å². The number of aliphatic carboxylic acids is 1. The lowest BCUT2D eigenvalue weighted by Crippen LogP contribution is -2.26. The minimum absolute atomic E-state index is 0.336. The first kappa shape index (κ1) is 28.2. The van der Waals surface area contributed by atoms with Crippen molar-refractivity contribution in [3.8, 4) is 5.75 Å². The fraction of sp³-hybridized carbons (Fsp3) is 0.219. The normalized spacial score (nSPS) is 12.4. The summed E-state index contributed by atoms with van der Waals surface area (Å²) >= 11 is 1.79. The fourth-order valence-electron chi connectivity index (χ4n) is 4.25. The van der Waals surface area contributed by atoms with Crippen LogP contribution in [0.1, 0.15) is 18.1 Å². The lowest BCUT2D eigenvalue weighted by Gasteiger charge is -2.32. The molecule has 202 valence electrons. The summed E-state index contributed by atoms with van der Waals surface area (Å²) < 4.78 is 11.3. The molecular weight excluding hydrogens is 508 g/mol. The van der Waals surface area contributed by atoms with Crippen molar-refractivity contribution in [1.29, 1.82) is 0 Å². The van der Waals surface area contributed by atoms with E-state index < -0.39 is 12.1 Å². The lowest BCUT2D eigenvalue weighted by atomic mass is 10.1.